The molecule has 2 rings (SSSR count). The number of imide groups is 1. The maximum atomic E-state index is 12.4. The predicted molar refractivity (Wildman–Crippen MR) is 89.9 cm³/mol. The molecule has 0 bridgehead atoms. The van der Waals surface area contributed by atoms with Gasteiger partial charge in [-0.2, -0.15) is 0 Å². The van der Waals surface area contributed by atoms with Gasteiger partial charge >= 0.3 is 12.0 Å². The van der Waals surface area contributed by atoms with Gasteiger partial charge in [-0.25, -0.2) is 4.79 Å². The summed E-state index contributed by atoms with van der Waals surface area (Å²) in [6.07, 6.45) is -0.136. The van der Waals surface area contributed by atoms with Crippen molar-refractivity contribution in [1.82, 2.24) is 10.2 Å². The van der Waals surface area contributed by atoms with Crippen LogP contribution in [0.25, 0.3) is 0 Å². The standard InChI is InChI=1S/C18H22N2O5/c1-4-18(5-2)16(23)20(17(24)19-18)11-14(21)25-12(3)15(22)13-9-7-6-8-10-13/h6-10,12H,4-5,11H2,1-3H3,(H,19,24)/t12-/m1/s1. The second kappa shape index (κ2) is 7.46. The first-order valence-corrected chi connectivity index (χ1v) is 8.27. The molecule has 0 aromatic heterocycles. The van der Waals surface area contributed by atoms with Gasteiger partial charge in [0.1, 0.15) is 12.1 Å². The number of urea groups is 1. The Morgan fingerprint density at radius 3 is 2.28 bits per heavy atom. The highest BCUT2D eigenvalue weighted by atomic mass is 16.5. The Kier molecular flexibility index (Phi) is 5.56. The van der Waals surface area contributed by atoms with Crippen LogP contribution in [0.15, 0.2) is 30.3 Å². The molecule has 3 amide bonds. The van der Waals surface area contributed by atoms with E-state index in [1.54, 1.807) is 44.2 Å². The molecular weight excluding hydrogens is 324 g/mol. The first kappa shape index (κ1) is 18.6. The van der Waals surface area contributed by atoms with Gasteiger partial charge in [-0.1, -0.05) is 44.2 Å². The summed E-state index contributed by atoms with van der Waals surface area (Å²) in [6.45, 7) is 4.54. The number of carbonyl (C=O) groups excluding carboxylic acids is 4. The Morgan fingerprint density at radius 1 is 1.16 bits per heavy atom. The molecule has 1 aromatic rings. The van der Waals surface area contributed by atoms with E-state index in [4.69, 9.17) is 4.74 Å². The van der Waals surface area contributed by atoms with Crippen LogP contribution in [0.4, 0.5) is 4.79 Å². The largest absolute Gasteiger partial charge is 0.453 e. The maximum Gasteiger partial charge on any atom is 0.326 e. The van der Waals surface area contributed by atoms with Gasteiger partial charge in [0.15, 0.2) is 6.10 Å². The number of ketones is 1. The van der Waals surface area contributed by atoms with Crippen molar-refractivity contribution in [2.75, 3.05) is 6.54 Å². The molecule has 1 saturated heterocycles. The third kappa shape index (κ3) is 3.70. The normalized spacial score (nSPS) is 17.2. The van der Waals surface area contributed by atoms with Crippen LogP contribution in [0.1, 0.15) is 44.0 Å². The predicted octanol–water partition coefficient (Wildman–Crippen LogP) is 1.91. The van der Waals surface area contributed by atoms with E-state index in [1.165, 1.54) is 6.92 Å². The minimum Gasteiger partial charge on any atom is -0.453 e. The lowest BCUT2D eigenvalue weighted by molar-refractivity contribution is -0.150. The monoisotopic (exact) mass is 346 g/mol. The van der Waals surface area contributed by atoms with Crippen LogP contribution >= 0.6 is 0 Å². The zero-order valence-electron chi connectivity index (χ0n) is 14.6. The quantitative estimate of drug-likeness (QED) is 0.462. The van der Waals surface area contributed by atoms with Crippen molar-refractivity contribution in [3.05, 3.63) is 35.9 Å². The van der Waals surface area contributed by atoms with Crippen molar-refractivity contribution >= 4 is 23.7 Å². The number of benzene rings is 1. The SMILES string of the molecule is CCC1(CC)NC(=O)N(CC(=O)O[C@H](C)C(=O)c2ccccc2)C1=O. The van der Waals surface area contributed by atoms with Crippen molar-refractivity contribution in [2.45, 2.75) is 45.3 Å². The fraction of sp³-hybridized carbons (Fsp3) is 0.444. The lowest BCUT2D eigenvalue weighted by atomic mass is 9.93. The third-order valence-corrected chi connectivity index (χ3v) is 4.48. The Labute approximate surface area is 146 Å². The third-order valence-electron chi connectivity index (χ3n) is 4.48. The van der Waals surface area contributed by atoms with E-state index in [1.807, 2.05) is 0 Å². The topological polar surface area (TPSA) is 92.8 Å². The lowest BCUT2D eigenvalue weighted by Gasteiger charge is -2.23. The fourth-order valence-electron chi connectivity index (χ4n) is 2.80. The van der Waals surface area contributed by atoms with Gasteiger partial charge in [-0.3, -0.25) is 19.3 Å². The highest BCUT2D eigenvalue weighted by Crippen LogP contribution is 2.24. The number of hydrogen-bond donors (Lipinski definition) is 1. The number of ether oxygens (including phenoxy) is 1. The van der Waals surface area contributed by atoms with Gasteiger partial charge in [0.2, 0.25) is 5.78 Å². The summed E-state index contributed by atoms with van der Waals surface area (Å²) >= 11 is 0. The highest BCUT2D eigenvalue weighted by molar-refractivity contribution is 6.08. The second-order valence-corrected chi connectivity index (χ2v) is 5.97. The summed E-state index contributed by atoms with van der Waals surface area (Å²) in [7, 11) is 0. The van der Waals surface area contributed by atoms with Crippen molar-refractivity contribution in [3.63, 3.8) is 0 Å². The summed E-state index contributed by atoms with van der Waals surface area (Å²) < 4.78 is 5.10. The van der Waals surface area contributed by atoms with E-state index >= 15 is 0 Å². The van der Waals surface area contributed by atoms with Gasteiger partial charge in [-0.05, 0) is 19.8 Å². The van der Waals surface area contributed by atoms with Crippen molar-refractivity contribution in [2.24, 2.45) is 0 Å². The number of rotatable bonds is 7. The number of amides is 3. The molecule has 1 atom stereocenters. The van der Waals surface area contributed by atoms with Crippen LogP contribution < -0.4 is 5.32 Å². The van der Waals surface area contributed by atoms with Crippen LogP contribution in [-0.4, -0.2) is 46.8 Å². The summed E-state index contributed by atoms with van der Waals surface area (Å²) in [5.74, 6) is -1.59. The first-order valence-electron chi connectivity index (χ1n) is 8.27. The van der Waals surface area contributed by atoms with Crippen LogP contribution in [-0.2, 0) is 14.3 Å². The fourth-order valence-corrected chi connectivity index (χ4v) is 2.80. The Morgan fingerprint density at radius 2 is 1.76 bits per heavy atom. The average Bonchev–Trinajstić information content (AvgIpc) is 2.86. The Hall–Kier alpha value is -2.70. The number of Topliss-reactive ketones (excluding diaryl/α,β-unsaturated/α-hetero) is 1. The minimum atomic E-state index is -1.00. The number of nitrogens with zero attached hydrogens (tertiary/aromatic N) is 1. The molecule has 0 saturated carbocycles. The van der Waals surface area contributed by atoms with E-state index in [9.17, 15) is 19.2 Å². The molecule has 0 spiro atoms. The zero-order valence-corrected chi connectivity index (χ0v) is 14.6. The molecule has 1 fully saturated rings. The molecule has 134 valence electrons. The Balaban J connectivity index is 1.99. The molecule has 0 aliphatic carbocycles. The number of esters is 1. The van der Waals surface area contributed by atoms with E-state index in [2.05, 4.69) is 5.32 Å². The molecule has 1 aliphatic heterocycles. The molecule has 1 N–H and O–H groups in total. The smallest absolute Gasteiger partial charge is 0.326 e. The van der Waals surface area contributed by atoms with Gasteiger partial charge in [-0.15, -0.1) is 0 Å². The molecule has 1 aromatic carbocycles. The molecule has 7 heteroatoms. The van der Waals surface area contributed by atoms with Crippen LogP contribution in [0.3, 0.4) is 0 Å². The summed E-state index contributed by atoms with van der Waals surface area (Å²) in [5, 5.41) is 2.64. The van der Waals surface area contributed by atoms with E-state index < -0.39 is 36.1 Å². The molecule has 1 heterocycles. The van der Waals surface area contributed by atoms with Crippen molar-refractivity contribution in [3.8, 4) is 0 Å². The molecule has 7 nitrogen and oxygen atoms in total. The Bertz CT molecular complexity index is 682. The molecule has 0 unspecified atom stereocenters. The average molecular weight is 346 g/mol. The summed E-state index contributed by atoms with van der Waals surface area (Å²) in [4.78, 5) is 49.6. The van der Waals surface area contributed by atoms with E-state index in [0.717, 1.165) is 4.90 Å². The minimum absolute atomic E-state index is 0.345. The van der Waals surface area contributed by atoms with Crippen molar-refractivity contribution < 1.29 is 23.9 Å². The first-order chi connectivity index (χ1) is 11.8. The van der Waals surface area contributed by atoms with Gasteiger partial charge in [0.05, 0.1) is 0 Å². The molecule has 25 heavy (non-hydrogen) atoms. The lowest BCUT2D eigenvalue weighted by Crippen LogP contribution is -2.46. The van der Waals surface area contributed by atoms with Crippen LogP contribution in [0.2, 0.25) is 0 Å². The molecular formula is C18H22N2O5. The van der Waals surface area contributed by atoms with Crippen LogP contribution in [0, 0.1) is 0 Å². The van der Waals surface area contributed by atoms with Gasteiger partial charge in [0.25, 0.3) is 5.91 Å². The van der Waals surface area contributed by atoms with Gasteiger partial charge < -0.3 is 10.1 Å². The summed E-state index contributed by atoms with van der Waals surface area (Å²) in [6, 6.07) is 7.84. The van der Waals surface area contributed by atoms with Crippen LogP contribution in [0.5, 0.6) is 0 Å². The van der Waals surface area contributed by atoms with E-state index in [-0.39, 0.29) is 5.78 Å². The van der Waals surface area contributed by atoms with E-state index in [0.29, 0.717) is 18.4 Å². The van der Waals surface area contributed by atoms with Gasteiger partial charge in [0, 0.05) is 5.56 Å². The van der Waals surface area contributed by atoms with Crippen molar-refractivity contribution in [1.29, 1.82) is 0 Å². The maximum absolute atomic E-state index is 12.4. The number of nitrogens with one attached hydrogen (secondary N) is 1. The second-order valence-electron chi connectivity index (χ2n) is 5.97. The zero-order chi connectivity index (χ0) is 18.6. The number of carbonyl (C=O) groups is 4. The molecule has 1 aliphatic rings. The number of hydrogen-bond acceptors (Lipinski definition) is 5. The molecule has 0 radical (unpaired) electrons. The summed E-state index contributed by atoms with van der Waals surface area (Å²) in [5.41, 5.74) is -0.545. The highest BCUT2D eigenvalue weighted by Gasteiger charge is 2.49.